The molecule has 0 aliphatic carbocycles. The molecule has 1 unspecified atom stereocenters. The van der Waals surface area contributed by atoms with Gasteiger partial charge in [-0.25, -0.2) is 0 Å². The Morgan fingerprint density at radius 1 is 1.23 bits per heavy atom. The number of halogens is 1. The minimum atomic E-state index is -0.226. The lowest BCUT2D eigenvalue weighted by Crippen LogP contribution is -2.60. The van der Waals surface area contributed by atoms with E-state index in [-0.39, 0.29) is 25.0 Å². The fourth-order valence-electron chi connectivity index (χ4n) is 4.48. The number of carbonyl (C=O) groups excluding carboxylic acids is 1. The lowest BCUT2D eigenvalue weighted by Gasteiger charge is -2.49. The van der Waals surface area contributed by atoms with Crippen LogP contribution in [-0.2, 0) is 11.2 Å². The number of nitrogens with zero attached hydrogens (tertiary/aromatic N) is 3. The van der Waals surface area contributed by atoms with E-state index < -0.39 is 0 Å². The lowest BCUT2D eigenvalue weighted by molar-refractivity contribution is -0.161. The number of carbonyl (C=O) groups is 1. The largest absolute Gasteiger partial charge is 0.368 e. The van der Waals surface area contributed by atoms with Crippen LogP contribution in [0.15, 0.2) is 48.8 Å². The number of morpholine rings is 1. The van der Waals surface area contributed by atoms with Crippen molar-refractivity contribution in [3.63, 3.8) is 0 Å². The molecule has 0 bridgehead atoms. The van der Waals surface area contributed by atoms with E-state index in [1.54, 1.807) is 6.20 Å². The summed E-state index contributed by atoms with van der Waals surface area (Å²) in [7, 11) is 0. The molecule has 2 saturated heterocycles. The van der Waals surface area contributed by atoms with Gasteiger partial charge in [-0.1, -0.05) is 37.2 Å². The molecular weight excluding hydrogens is 398 g/mol. The van der Waals surface area contributed by atoms with Crippen molar-refractivity contribution in [1.29, 1.82) is 0 Å². The molecule has 6 heteroatoms. The number of aromatic nitrogens is 1. The SMILES string of the molecule is C.CC1CN(C(=O)c2ccccc2)CC2(CCN(CCc3cncc(Cl)c3)CC2)O1. The first-order chi connectivity index (χ1) is 14.0. The van der Waals surface area contributed by atoms with Crippen LogP contribution in [0.25, 0.3) is 0 Å². The van der Waals surface area contributed by atoms with E-state index in [4.69, 9.17) is 16.3 Å². The van der Waals surface area contributed by atoms with Crippen LogP contribution >= 0.6 is 11.6 Å². The van der Waals surface area contributed by atoms with Crippen molar-refractivity contribution in [2.75, 3.05) is 32.7 Å². The maximum atomic E-state index is 13.0. The van der Waals surface area contributed by atoms with Crippen LogP contribution in [-0.4, -0.2) is 65.1 Å². The maximum Gasteiger partial charge on any atom is 0.254 e. The second kappa shape index (κ2) is 9.90. The Morgan fingerprint density at radius 2 is 1.97 bits per heavy atom. The van der Waals surface area contributed by atoms with E-state index in [0.717, 1.165) is 44.5 Å². The molecule has 2 aliphatic heterocycles. The van der Waals surface area contributed by atoms with E-state index in [0.29, 0.717) is 18.1 Å². The van der Waals surface area contributed by atoms with Gasteiger partial charge in [-0.05, 0) is 49.9 Å². The molecule has 1 aromatic carbocycles. The zero-order valence-electron chi connectivity index (χ0n) is 16.9. The van der Waals surface area contributed by atoms with Gasteiger partial charge in [0.05, 0.1) is 23.3 Å². The van der Waals surface area contributed by atoms with Gasteiger partial charge in [0, 0.05) is 44.1 Å². The third-order valence-corrected chi connectivity index (χ3v) is 6.17. The quantitative estimate of drug-likeness (QED) is 0.726. The topological polar surface area (TPSA) is 45.7 Å². The van der Waals surface area contributed by atoms with Crippen molar-refractivity contribution in [1.82, 2.24) is 14.8 Å². The van der Waals surface area contributed by atoms with Gasteiger partial charge in [0.2, 0.25) is 0 Å². The van der Waals surface area contributed by atoms with E-state index in [2.05, 4.69) is 16.8 Å². The highest BCUT2D eigenvalue weighted by molar-refractivity contribution is 6.30. The van der Waals surface area contributed by atoms with Crippen molar-refractivity contribution < 1.29 is 9.53 Å². The highest BCUT2D eigenvalue weighted by atomic mass is 35.5. The second-order valence-electron chi connectivity index (χ2n) is 8.27. The normalized spacial score (nSPS) is 21.3. The lowest BCUT2D eigenvalue weighted by atomic mass is 9.88. The Kier molecular flexibility index (Phi) is 7.50. The number of likely N-dealkylation sites (tertiary alicyclic amines) is 1. The standard InChI is InChI=1S/C23H28ClN3O2.CH4/c1-18-16-27(22(28)20-5-3-2-4-6-20)17-23(29-18)8-11-26(12-9-23)10-7-19-13-21(24)15-25-14-19;/h2-6,13-15,18H,7-12,16-17H2,1H3;1H4. The van der Waals surface area contributed by atoms with Crippen LogP contribution in [0.3, 0.4) is 0 Å². The molecule has 4 rings (SSSR count). The Balaban J connectivity index is 0.00000256. The van der Waals surface area contributed by atoms with Crippen molar-refractivity contribution in [3.05, 3.63) is 64.9 Å². The number of piperidine rings is 1. The molecule has 162 valence electrons. The molecule has 1 aromatic heterocycles. The molecule has 1 amide bonds. The van der Waals surface area contributed by atoms with E-state index in [1.165, 1.54) is 5.56 Å². The Labute approximate surface area is 185 Å². The number of benzene rings is 1. The van der Waals surface area contributed by atoms with Gasteiger partial charge in [-0.15, -0.1) is 0 Å². The van der Waals surface area contributed by atoms with Crippen molar-refractivity contribution >= 4 is 17.5 Å². The van der Waals surface area contributed by atoms with Crippen LogP contribution < -0.4 is 0 Å². The molecule has 1 spiro atoms. The average molecular weight is 430 g/mol. The van der Waals surface area contributed by atoms with Crippen LogP contribution in [0.4, 0.5) is 0 Å². The summed E-state index contributed by atoms with van der Waals surface area (Å²) in [6.45, 7) is 6.35. The molecule has 2 fully saturated rings. The fraction of sp³-hybridized carbons (Fsp3) is 0.500. The van der Waals surface area contributed by atoms with Crippen LogP contribution in [0, 0.1) is 0 Å². The van der Waals surface area contributed by atoms with Gasteiger partial charge in [0.1, 0.15) is 0 Å². The Bertz CT molecular complexity index is 837. The number of hydrogen-bond acceptors (Lipinski definition) is 4. The average Bonchev–Trinajstić information content (AvgIpc) is 2.73. The monoisotopic (exact) mass is 429 g/mol. The van der Waals surface area contributed by atoms with E-state index in [9.17, 15) is 4.79 Å². The second-order valence-corrected chi connectivity index (χ2v) is 8.70. The number of ether oxygens (including phenoxy) is 1. The summed E-state index contributed by atoms with van der Waals surface area (Å²) in [5.74, 6) is 0.107. The molecule has 5 nitrogen and oxygen atoms in total. The predicted octanol–water partition coefficient (Wildman–Crippen LogP) is 4.31. The summed E-state index contributed by atoms with van der Waals surface area (Å²) >= 11 is 6.04. The van der Waals surface area contributed by atoms with Crippen molar-refractivity contribution in [2.45, 2.75) is 45.3 Å². The minimum Gasteiger partial charge on any atom is -0.368 e. The van der Waals surface area contributed by atoms with Gasteiger partial charge >= 0.3 is 0 Å². The fourth-order valence-corrected chi connectivity index (χ4v) is 4.68. The smallest absolute Gasteiger partial charge is 0.254 e. The van der Waals surface area contributed by atoms with E-state index >= 15 is 0 Å². The zero-order chi connectivity index (χ0) is 20.3. The molecular formula is C24H32ClN3O2. The van der Waals surface area contributed by atoms with Gasteiger partial charge in [-0.3, -0.25) is 9.78 Å². The van der Waals surface area contributed by atoms with Gasteiger partial charge in [-0.2, -0.15) is 0 Å². The molecule has 3 heterocycles. The summed E-state index contributed by atoms with van der Waals surface area (Å²) in [5, 5.41) is 0.688. The molecule has 0 N–H and O–H groups in total. The van der Waals surface area contributed by atoms with Crippen LogP contribution in [0.1, 0.15) is 43.1 Å². The molecule has 30 heavy (non-hydrogen) atoms. The third kappa shape index (κ3) is 5.39. The highest BCUT2D eigenvalue weighted by Crippen LogP contribution is 2.33. The Morgan fingerprint density at radius 3 is 2.67 bits per heavy atom. The first kappa shape index (κ1) is 22.7. The number of pyridine rings is 1. The first-order valence-electron chi connectivity index (χ1n) is 10.4. The van der Waals surface area contributed by atoms with Crippen molar-refractivity contribution in [2.24, 2.45) is 0 Å². The third-order valence-electron chi connectivity index (χ3n) is 5.96. The summed E-state index contributed by atoms with van der Waals surface area (Å²) < 4.78 is 6.41. The summed E-state index contributed by atoms with van der Waals surface area (Å²) in [6, 6.07) is 11.5. The number of rotatable bonds is 4. The minimum absolute atomic E-state index is 0. The predicted molar refractivity (Wildman–Crippen MR) is 121 cm³/mol. The van der Waals surface area contributed by atoms with Crippen molar-refractivity contribution in [3.8, 4) is 0 Å². The first-order valence-corrected chi connectivity index (χ1v) is 10.7. The number of hydrogen-bond donors (Lipinski definition) is 0. The van der Waals surface area contributed by atoms with Crippen LogP contribution in [0.2, 0.25) is 5.02 Å². The van der Waals surface area contributed by atoms with Gasteiger partial charge < -0.3 is 14.5 Å². The molecule has 2 aromatic rings. The van der Waals surface area contributed by atoms with Gasteiger partial charge in [0.15, 0.2) is 0 Å². The summed E-state index contributed by atoms with van der Waals surface area (Å²) in [5.41, 5.74) is 1.69. The Hall–Kier alpha value is -1.95. The summed E-state index contributed by atoms with van der Waals surface area (Å²) in [4.78, 5) is 21.6. The molecule has 0 radical (unpaired) electrons. The van der Waals surface area contributed by atoms with E-state index in [1.807, 2.05) is 47.5 Å². The molecule has 2 aliphatic rings. The van der Waals surface area contributed by atoms with Gasteiger partial charge in [0.25, 0.3) is 5.91 Å². The number of amides is 1. The zero-order valence-corrected chi connectivity index (χ0v) is 17.6. The highest BCUT2D eigenvalue weighted by Gasteiger charge is 2.43. The summed E-state index contributed by atoms with van der Waals surface area (Å²) in [6.07, 6.45) is 6.44. The molecule has 0 saturated carbocycles. The van der Waals surface area contributed by atoms with Crippen LogP contribution in [0.5, 0.6) is 0 Å². The molecule has 1 atom stereocenters. The maximum absolute atomic E-state index is 13.0.